The highest BCUT2D eigenvalue weighted by molar-refractivity contribution is 9.11. The lowest BCUT2D eigenvalue weighted by molar-refractivity contribution is 0.265. The Kier molecular flexibility index (Phi) is 3.96. The van der Waals surface area contributed by atoms with Gasteiger partial charge in [-0.1, -0.05) is 31.9 Å². The Hall–Kier alpha value is -0.720. The number of nitrogens with zero attached hydrogens (tertiary/aromatic N) is 3. The van der Waals surface area contributed by atoms with Crippen LogP contribution in [0.5, 0.6) is 0 Å². The van der Waals surface area contributed by atoms with E-state index in [1.165, 1.54) is 0 Å². The summed E-state index contributed by atoms with van der Waals surface area (Å²) in [4.78, 5) is 0. The molecule has 2 rings (SSSR count). The summed E-state index contributed by atoms with van der Waals surface area (Å²) in [5, 5.41) is 17.3. The summed E-state index contributed by atoms with van der Waals surface area (Å²) < 4.78 is 3.83. The van der Waals surface area contributed by atoms with Gasteiger partial charge in [0, 0.05) is 21.1 Å². The number of aliphatic hydroxyl groups is 1. The molecule has 0 amide bonds. The summed E-state index contributed by atoms with van der Waals surface area (Å²) in [6.07, 6.45) is 0. The molecule has 0 saturated heterocycles. The van der Waals surface area contributed by atoms with Gasteiger partial charge >= 0.3 is 0 Å². The molecule has 6 heteroatoms. The number of halogens is 2. The average Bonchev–Trinajstić information content (AvgIpc) is 2.74. The molecule has 0 aliphatic heterocycles. The quantitative estimate of drug-likeness (QED) is 0.915. The molecule has 1 aromatic carbocycles. The zero-order valence-electron chi connectivity index (χ0n) is 9.19. The highest BCUT2D eigenvalue weighted by atomic mass is 79.9. The Bertz CT molecular complexity index is 540. The summed E-state index contributed by atoms with van der Waals surface area (Å²) in [5.74, 6) is 1.33. The van der Waals surface area contributed by atoms with E-state index in [9.17, 15) is 5.11 Å². The Morgan fingerprint density at radius 3 is 2.71 bits per heavy atom. The highest BCUT2D eigenvalue weighted by Crippen LogP contribution is 2.30. The van der Waals surface area contributed by atoms with Gasteiger partial charge in [-0.05, 0) is 25.1 Å². The molecule has 0 aliphatic rings. The maximum atomic E-state index is 9.19. The van der Waals surface area contributed by atoms with Gasteiger partial charge in [0.05, 0.1) is 0 Å². The number of hydrogen-bond acceptors (Lipinski definition) is 3. The Balaban J connectivity index is 2.59. The number of aromatic nitrogens is 3. The van der Waals surface area contributed by atoms with Crippen LogP contribution in [0.15, 0.2) is 27.1 Å². The van der Waals surface area contributed by atoms with E-state index in [1.54, 1.807) is 0 Å². The van der Waals surface area contributed by atoms with Crippen LogP contribution in [0, 0.1) is 0 Å². The molecule has 90 valence electrons. The van der Waals surface area contributed by atoms with Gasteiger partial charge in [0.2, 0.25) is 0 Å². The van der Waals surface area contributed by atoms with E-state index < -0.39 is 0 Å². The molecule has 0 radical (unpaired) electrons. The van der Waals surface area contributed by atoms with Crippen LogP contribution in [-0.2, 0) is 13.2 Å². The summed E-state index contributed by atoms with van der Waals surface area (Å²) in [5.41, 5.74) is 0.952. The summed E-state index contributed by atoms with van der Waals surface area (Å²) in [7, 11) is 0. The minimum atomic E-state index is -0.105. The van der Waals surface area contributed by atoms with Crippen LogP contribution in [0.1, 0.15) is 12.7 Å². The first-order valence-corrected chi connectivity index (χ1v) is 6.74. The second kappa shape index (κ2) is 5.29. The Labute approximate surface area is 116 Å². The predicted molar refractivity (Wildman–Crippen MR) is 72.5 cm³/mol. The second-order valence-corrected chi connectivity index (χ2v) is 5.24. The molecule has 1 aromatic heterocycles. The van der Waals surface area contributed by atoms with Crippen molar-refractivity contribution in [2.24, 2.45) is 0 Å². The van der Waals surface area contributed by atoms with Crippen molar-refractivity contribution < 1.29 is 5.11 Å². The topological polar surface area (TPSA) is 50.9 Å². The van der Waals surface area contributed by atoms with Crippen molar-refractivity contribution in [1.29, 1.82) is 0 Å². The molecule has 4 nitrogen and oxygen atoms in total. The van der Waals surface area contributed by atoms with E-state index in [0.29, 0.717) is 5.82 Å². The molecule has 2 aromatic rings. The standard InChI is InChI=1S/C11H11Br2N3O/c1-2-16-10(6-17)14-15-11(16)8-5-7(12)3-4-9(8)13/h3-5,17H,2,6H2,1H3. The molecule has 0 fully saturated rings. The first-order chi connectivity index (χ1) is 8.17. The molecular formula is C11H11Br2N3O. The number of hydrogen-bond donors (Lipinski definition) is 1. The van der Waals surface area contributed by atoms with Gasteiger partial charge in [-0.15, -0.1) is 10.2 Å². The third-order valence-corrected chi connectivity index (χ3v) is 3.64. The van der Waals surface area contributed by atoms with Gasteiger partial charge in [0.25, 0.3) is 0 Å². The highest BCUT2D eigenvalue weighted by Gasteiger charge is 2.14. The molecule has 0 bridgehead atoms. The van der Waals surface area contributed by atoms with Crippen molar-refractivity contribution in [3.8, 4) is 11.4 Å². The van der Waals surface area contributed by atoms with Crippen molar-refractivity contribution in [2.75, 3.05) is 0 Å². The third kappa shape index (κ3) is 2.43. The molecule has 1 heterocycles. The fourth-order valence-electron chi connectivity index (χ4n) is 1.65. The van der Waals surface area contributed by atoms with E-state index in [1.807, 2.05) is 29.7 Å². The van der Waals surface area contributed by atoms with Crippen molar-refractivity contribution >= 4 is 31.9 Å². The van der Waals surface area contributed by atoms with Crippen LogP contribution in [0.4, 0.5) is 0 Å². The Morgan fingerprint density at radius 1 is 1.29 bits per heavy atom. The maximum Gasteiger partial charge on any atom is 0.165 e. The van der Waals surface area contributed by atoms with E-state index >= 15 is 0 Å². The molecule has 0 spiro atoms. The molecular weight excluding hydrogens is 350 g/mol. The minimum Gasteiger partial charge on any atom is -0.388 e. The van der Waals surface area contributed by atoms with E-state index in [-0.39, 0.29) is 6.61 Å². The van der Waals surface area contributed by atoms with Gasteiger partial charge in [-0.2, -0.15) is 0 Å². The third-order valence-electron chi connectivity index (χ3n) is 2.45. The summed E-state index contributed by atoms with van der Waals surface area (Å²) >= 11 is 6.93. The van der Waals surface area contributed by atoms with Gasteiger partial charge in [0.15, 0.2) is 11.6 Å². The SMILES string of the molecule is CCn1c(CO)nnc1-c1cc(Br)ccc1Br. The first kappa shape index (κ1) is 12.7. The maximum absolute atomic E-state index is 9.19. The van der Waals surface area contributed by atoms with Crippen molar-refractivity contribution in [3.63, 3.8) is 0 Å². The monoisotopic (exact) mass is 359 g/mol. The zero-order chi connectivity index (χ0) is 12.4. The normalized spacial score (nSPS) is 10.8. The molecule has 0 atom stereocenters. The largest absolute Gasteiger partial charge is 0.388 e. The zero-order valence-corrected chi connectivity index (χ0v) is 12.4. The molecule has 0 aliphatic carbocycles. The van der Waals surface area contributed by atoms with E-state index in [4.69, 9.17) is 0 Å². The number of aliphatic hydroxyl groups excluding tert-OH is 1. The lowest BCUT2D eigenvalue weighted by Gasteiger charge is -2.08. The predicted octanol–water partition coefficient (Wildman–Crippen LogP) is 2.98. The van der Waals surface area contributed by atoms with Crippen LogP contribution in [-0.4, -0.2) is 19.9 Å². The summed E-state index contributed by atoms with van der Waals surface area (Å²) in [6, 6.07) is 5.88. The van der Waals surface area contributed by atoms with Crippen molar-refractivity contribution in [2.45, 2.75) is 20.1 Å². The fraction of sp³-hybridized carbons (Fsp3) is 0.273. The van der Waals surface area contributed by atoms with E-state index in [0.717, 1.165) is 26.9 Å². The van der Waals surface area contributed by atoms with Gasteiger partial charge in [-0.3, -0.25) is 0 Å². The molecule has 17 heavy (non-hydrogen) atoms. The second-order valence-electron chi connectivity index (χ2n) is 3.47. The average molecular weight is 361 g/mol. The van der Waals surface area contributed by atoms with Crippen LogP contribution in [0.2, 0.25) is 0 Å². The smallest absolute Gasteiger partial charge is 0.165 e. The van der Waals surface area contributed by atoms with Crippen LogP contribution >= 0.6 is 31.9 Å². The van der Waals surface area contributed by atoms with Gasteiger partial charge < -0.3 is 9.67 Å². The van der Waals surface area contributed by atoms with Crippen LogP contribution < -0.4 is 0 Å². The van der Waals surface area contributed by atoms with Gasteiger partial charge in [-0.25, -0.2) is 0 Å². The van der Waals surface area contributed by atoms with Crippen LogP contribution in [0.25, 0.3) is 11.4 Å². The minimum absolute atomic E-state index is 0.105. The number of rotatable bonds is 3. The fourth-order valence-corrected chi connectivity index (χ4v) is 2.44. The lowest BCUT2D eigenvalue weighted by atomic mass is 10.2. The molecule has 0 saturated carbocycles. The van der Waals surface area contributed by atoms with Gasteiger partial charge in [0.1, 0.15) is 6.61 Å². The number of benzene rings is 1. The van der Waals surface area contributed by atoms with E-state index in [2.05, 4.69) is 42.1 Å². The molecule has 1 N–H and O–H groups in total. The van der Waals surface area contributed by atoms with Crippen molar-refractivity contribution in [1.82, 2.24) is 14.8 Å². The Morgan fingerprint density at radius 2 is 2.06 bits per heavy atom. The van der Waals surface area contributed by atoms with Crippen LogP contribution in [0.3, 0.4) is 0 Å². The lowest BCUT2D eigenvalue weighted by Crippen LogP contribution is -2.03. The first-order valence-electron chi connectivity index (χ1n) is 5.15. The molecule has 0 unspecified atom stereocenters. The van der Waals surface area contributed by atoms with Crippen molar-refractivity contribution in [3.05, 3.63) is 33.0 Å². The summed E-state index contributed by atoms with van der Waals surface area (Å²) in [6.45, 7) is 2.61.